The molecule has 0 bridgehead atoms. The minimum absolute atomic E-state index is 0.102. The van der Waals surface area contributed by atoms with Crippen LogP contribution in [-0.2, 0) is 14.8 Å². The number of nitrogens with one attached hydrogen (secondary N) is 1. The number of carbonyl (C=O) groups excluding carboxylic acids is 1. The predicted octanol–water partition coefficient (Wildman–Crippen LogP) is 1.66. The summed E-state index contributed by atoms with van der Waals surface area (Å²) in [4.78, 5) is 11.4. The molecule has 1 fully saturated rings. The number of halogens is 1. The zero-order chi connectivity index (χ0) is 14.9. The number of rotatable bonds is 3. The van der Waals surface area contributed by atoms with Gasteiger partial charge >= 0.3 is 0 Å². The molecule has 0 radical (unpaired) electrons. The maximum Gasteiger partial charge on any atom is 0.243 e. The van der Waals surface area contributed by atoms with E-state index < -0.39 is 10.0 Å². The van der Waals surface area contributed by atoms with Gasteiger partial charge < -0.3 is 5.32 Å². The lowest BCUT2D eigenvalue weighted by Crippen LogP contribution is -2.37. The van der Waals surface area contributed by atoms with Gasteiger partial charge in [0, 0.05) is 30.5 Å². The van der Waals surface area contributed by atoms with E-state index in [1.165, 1.54) is 11.2 Å². The van der Waals surface area contributed by atoms with Crippen LogP contribution in [0.25, 0.3) is 0 Å². The van der Waals surface area contributed by atoms with Gasteiger partial charge in [-0.05, 0) is 31.0 Å². The molecule has 0 aliphatic carbocycles. The number of carbonyl (C=O) groups is 1. The highest BCUT2D eigenvalue weighted by Crippen LogP contribution is 2.26. The lowest BCUT2D eigenvalue weighted by Gasteiger charge is -2.18. The number of amides is 1. The zero-order valence-corrected chi connectivity index (χ0v) is 13.8. The molecular formula is C13H17BrN2O3S. The molecule has 1 aliphatic heterocycles. The molecule has 20 heavy (non-hydrogen) atoms. The van der Waals surface area contributed by atoms with Crippen LogP contribution in [-0.4, -0.2) is 37.8 Å². The van der Waals surface area contributed by atoms with Crippen molar-refractivity contribution in [1.82, 2.24) is 9.62 Å². The monoisotopic (exact) mass is 360 g/mol. The summed E-state index contributed by atoms with van der Waals surface area (Å²) in [6, 6.07) is 5.11. The summed E-state index contributed by atoms with van der Waals surface area (Å²) < 4.78 is 27.4. The standard InChI is InChI=1S/C13H17BrN2O3S/c1-9-3-4-11(14)7-13(9)20(18,19)16-6-5-12(8-16)15-10(2)17/h3-4,7,12H,5-6,8H2,1-2H3,(H,15,17). The van der Waals surface area contributed by atoms with E-state index in [-0.39, 0.29) is 11.9 Å². The predicted molar refractivity (Wildman–Crippen MR) is 79.9 cm³/mol. The van der Waals surface area contributed by atoms with Crippen LogP contribution in [0.15, 0.2) is 27.6 Å². The van der Waals surface area contributed by atoms with Gasteiger partial charge in [0.05, 0.1) is 4.90 Å². The van der Waals surface area contributed by atoms with E-state index >= 15 is 0 Å². The number of benzene rings is 1. The molecule has 5 nitrogen and oxygen atoms in total. The van der Waals surface area contributed by atoms with Crippen LogP contribution >= 0.6 is 15.9 Å². The van der Waals surface area contributed by atoms with E-state index in [0.29, 0.717) is 24.4 Å². The molecule has 1 N–H and O–H groups in total. The Labute approximate surface area is 127 Å². The van der Waals surface area contributed by atoms with Crippen LogP contribution in [0.3, 0.4) is 0 Å². The Morgan fingerprint density at radius 2 is 2.15 bits per heavy atom. The Hall–Kier alpha value is -0.920. The van der Waals surface area contributed by atoms with Crippen molar-refractivity contribution in [1.29, 1.82) is 0 Å². The van der Waals surface area contributed by atoms with Crippen molar-refractivity contribution in [2.24, 2.45) is 0 Å². The van der Waals surface area contributed by atoms with Crippen LogP contribution in [0.4, 0.5) is 0 Å². The molecule has 2 rings (SSSR count). The van der Waals surface area contributed by atoms with Gasteiger partial charge in [0.2, 0.25) is 15.9 Å². The van der Waals surface area contributed by atoms with Crippen molar-refractivity contribution in [3.8, 4) is 0 Å². The Morgan fingerprint density at radius 1 is 1.45 bits per heavy atom. The van der Waals surface area contributed by atoms with Gasteiger partial charge in [-0.15, -0.1) is 0 Å². The van der Waals surface area contributed by atoms with Gasteiger partial charge in [-0.2, -0.15) is 4.31 Å². The largest absolute Gasteiger partial charge is 0.352 e. The Morgan fingerprint density at radius 3 is 2.80 bits per heavy atom. The molecule has 1 aromatic carbocycles. The number of hydrogen-bond acceptors (Lipinski definition) is 3. The molecule has 1 aliphatic rings. The van der Waals surface area contributed by atoms with Crippen LogP contribution in [0, 0.1) is 6.92 Å². The smallest absolute Gasteiger partial charge is 0.243 e. The second-order valence-electron chi connectivity index (χ2n) is 4.96. The van der Waals surface area contributed by atoms with Crippen LogP contribution in [0.2, 0.25) is 0 Å². The maximum absolute atomic E-state index is 12.6. The quantitative estimate of drug-likeness (QED) is 0.891. The van der Waals surface area contributed by atoms with Crippen molar-refractivity contribution in [3.05, 3.63) is 28.2 Å². The molecule has 0 saturated carbocycles. The van der Waals surface area contributed by atoms with Crippen molar-refractivity contribution in [2.45, 2.75) is 31.2 Å². The fraction of sp³-hybridized carbons (Fsp3) is 0.462. The Balaban J connectivity index is 2.24. The average molecular weight is 361 g/mol. The first-order valence-corrected chi connectivity index (χ1v) is 8.57. The van der Waals surface area contributed by atoms with E-state index in [9.17, 15) is 13.2 Å². The molecule has 1 amide bonds. The third-order valence-corrected chi connectivity index (χ3v) is 5.83. The fourth-order valence-electron chi connectivity index (χ4n) is 2.34. The van der Waals surface area contributed by atoms with Crippen LogP contribution in [0.5, 0.6) is 0 Å². The third kappa shape index (κ3) is 3.21. The van der Waals surface area contributed by atoms with Gasteiger partial charge in [-0.3, -0.25) is 4.79 Å². The zero-order valence-electron chi connectivity index (χ0n) is 11.4. The molecule has 1 saturated heterocycles. The summed E-state index contributed by atoms with van der Waals surface area (Å²) in [5.74, 6) is -0.132. The van der Waals surface area contributed by atoms with Crippen molar-refractivity contribution in [3.63, 3.8) is 0 Å². The molecule has 1 heterocycles. The van der Waals surface area contributed by atoms with E-state index in [4.69, 9.17) is 0 Å². The normalized spacial score (nSPS) is 20.1. The van der Waals surface area contributed by atoms with E-state index in [0.717, 1.165) is 10.0 Å². The second kappa shape index (κ2) is 5.83. The van der Waals surface area contributed by atoms with Gasteiger partial charge in [0.25, 0.3) is 0 Å². The Bertz CT molecular complexity index is 631. The number of nitrogens with zero attached hydrogens (tertiary/aromatic N) is 1. The van der Waals surface area contributed by atoms with Crippen molar-refractivity contribution in [2.75, 3.05) is 13.1 Å². The third-order valence-electron chi connectivity index (χ3n) is 3.33. The molecule has 1 aromatic rings. The minimum Gasteiger partial charge on any atom is -0.352 e. The fourth-order valence-corrected chi connectivity index (χ4v) is 4.61. The number of sulfonamides is 1. The van der Waals surface area contributed by atoms with Gasteiger partial charge in [0.1, 0.15) is 0 Å². The highest BCUT2D eigenvalue weighted by Gasteiger charge is 2.33. The highest BCUT2D eigenvalue weighted by atomic mass is 79.9. The first kappa shape index (κ1) is 15.5. The van der Waals surface area contributed by atoms with E-state index in [2.05, 4.69) is 21.2 Å². The molecule has 1 unspecified atom stereocenters. The van der Waals surface area contributed by atoms with Gasteiger partial charge in [0.15, 0.2) is 0 Å². The van der Waals surface area contributed by atoms with Crippen molar-refractivity contribution < 1.29 is 13.2 Å². The summed E-state index contributed by atoms with van der Waals surface area (Å²) in [5.41, 5.74) is 0.719. The molecular weight excluding hydrogens is 344 g/mol. The lowest BCUT2D eigenvalue weighted by atomic mass is 10.2. The van der Waals surface area contributed by atoms with Gasteiger partial charge in [-0.1, -0.05) is 22.0 Å². The summed E-state index contributed by atoms with van der Waals surface area (Å²) in [6.45, 7) is 3.98. The molecule has 110 valence electrons. The average Bonchev–Trinajstić information content (AvgIpc) is 2.80. The maximum atomic E-state index is 12.6. The van der Waals surface area contributed by atoms with Crippen LogP contribution in [0.1, 0.15) is 18.9 Å². The van der Waals surface area contributed by atoms with Crippen LogP contribution < -0.4 is 5.32 Å². The minimum atomic E-state index is -3.51. The Kier molecular flexibility index (Phi) is 4.51. The SMILES string of the molecule is CC(=O)NC1CCN(S(=O)(=O)c2cc(Br)ccc2C)C1. The van der Waals surface area contributed by atoms with Gasteiger partial charge in [-0.25, -0.2) is 8.42 Å². The second-order valence-corrected chi connectivity index (χ2v) is 7.78. The summed E-state index contributed by atoms with van der Waals surface area (Å²) >= 11 is 3.30. The number of hydrogen-bond donors (Lipinski definition) is 1. The molecule has 7 heteroatoms. The number of aryl methyl sites for hydroxylation is 1. The summed E-state index contributed by atoms with van der Waals surface area (Å²) in [7, 11) is -3.51. The first-order chi connectivity index (χ1) is 9.30. The summed E-state index contributed by atoms with van der Waals surface area (Å²) in [6.07, 6.45) is 0.645. The summed E-state index contributed by atoms with van der Waals surface area (Å²) in [5, 5.41) is 2.77. The molecule has 1 atom stereocenters. The molecule has 0 spiro atoms. The van der Waals surface area contributed by atoms with Crippen molar-refractivity contribution >= 4 is 31.9 Å². The molecule has 0 aromatic heterocycles. The topological polar surface area (TPSA) is 66.5 Å². The lowest BCUT2D eigenvalue weighted by molar-refractivity contribution is -0.119. The highest BCUT2D eigenvalue weighted by molar-refractivity contribution is 9.10. The first-order valence-electron chi connectivity index (χ1n) is 6.34. The van der Waals surface area contributed by atoms with E-state index in [1.54, 1.807) is 19.1 Å². The van der Waals surface area contributed by atoms with E-state index in [1.807, 2.05) is 6.07 Å².